The molecule has 1 fully saturated rings. The lowest BCUT2D eigenvalue weighted by Gasteiger charge is -2.22. The Morgan fingerprint density at radius 2 is 2.17 bits per heavy atom. The quantitative estimate of drug-likeness (QED) is 0.839. The van der Waals surface area contributed by atoms with Gasteiger partial charge in [0, 0.05) is 31.2 Å². The highest BCUT2D eigenvalue weighted by Gasteiger charge is 2.22. The van der Waals surface area contributed by atoms with Crippen LogP contribution in [-0.2, 0) is 11.3 Å². The minimum Gasteiger partial charge on any atom is -0.396 e. The summed E-state index contributed by atoms with van der Waals surface area (Å²) in [5.41, 5.74) is 1.64. The van der Waals surface area contributed by atoms with E-state index in [0.717, 1.165) is 5.56 Å². The Bertz CT molecular complexity index is 629. The first-order valence-corrected chi connectivity index (χ1v) is 7.54. The van der Waals surface area contributed by atoms with Crippen LogP contribution in [0, 0.1) is 5.92 Å². The van der Waals surface area contributed by atoms with Gasteiger partial charge in [0.2, 0.25) is 0 Å². The predicted molar refractivity (Wildman–Crippen MR) is 80.7 cm³/mol. The van der Waals surface area contributed by atoms with Gasteiger partial charge in [-0.25, -0.2) is 4.68 Å². The van der Waals surface area contributed by atoms with Gasteiger partial charge in [0.05, 0.1) is 19.8 Å². The zero-order chi connectivity index (χ0) is 16.1. The summed E-state index contributed by atoms with van der Waals surface area (Å²) in [6.45, 7) is 2.63. The van der Waals surface area contributed by atoms with Crippen LogP contribution in [0.5, 0.6) is 0 Å². The number of nitrogens with zero attached hydrogens (tertiary/aromatic N) is 5. The van der Waals surface area contributed by atoms with Crippen molar-refractivity contribution in [2.75, 3.05) is 32.9 Å². The van der Waals surface area contributed by atoms with Crippen LogP contribution in [0.1, 0.15) is 15.9 Å². The maximum atomic E-state index is 12.6. The van der Waals surface area contributed by atoms with Crippen LogP contribution < -0.4 is 0 Å². The summed E-state index contributed by atoms with van der Waals surface area (Å²) < 4.78 is 7.04. The number of ether oxygens (including phenoxy) is 1. The third kappa shape index (κ3) is 3.91. The Morgan fingerprint density at radius 3 is 2.87 bits per heavy atom. The molecule has 1 atom stereocenters. The summed E-state index contributed by atoms with van der Waals surface area (Å²) in [5.74, 6) is -0.0662. The number of carbonyl (C=O) groups is 1. The molecule has 0 bridgehead atoms. The lowest BCUT2D eigenvalue weighted by Crippen LogP contribution is -2.36. The Morgan fingerprint density at radius 1 is 1.35 bits per heavy atom. The minimum absolute atomic E-state index is 0.0225. The second-order valence-electron chi connectivity index (χ2n) is 5.58. The zero-order valence-electron chi connectivity index (χ0n) is 12.7. The molecule has 1 aromatic carbocycles. The fourth-order valence-electron chi connectivity index (χ4n) is 2.55. The summed E-state index contributed by atoms with van der Waals surface area (Å²) in [6, 6.07) is 7.41. The van der Waals surface area contributed by atoms with Crippen molar-refractivity contribution in [2.24, 2.45) is 5.92 Å². The smallest absolute Gasteiger partial charge is 0.253 e. The molecule has 0 radical (unpaired) electrons. The highest BCUT2D eigenvalue weighted by atomic mass is 16.5. The fourth-order valence-corrected chi connectivity index (χ4v) is 2.55. The second-order valence-corrected chi connectivity index (χ2v) is 5.58. The molecule has 2 aromatic rings. The molecule has 2 heterocycles. The van der Waals surface area contributed by atoms with E-state index < -0.39 is 0 Å². The molecule has 1 saturated heterocycles. The number of tetrazole rings is 1. The number of rotatable bonds is 4. The van der Waals surface area contributed by atoms with Gasteiger partial charge < -0.3 is 14.7 Å². The first kappa shape index (κ1) is 15.6. The lowest BCUT2D eigenvalue weighted by molar-refractivity contribution is 0.0728. The molecular formula is C15H19N5O3. The van der Waals surface area contributed by atoms with E-state index in [0.29, 0.717) is 38.4 Å². The van der Waals surface area contributed by atoms with Crippen LogP contribution in [0.25, 0.3) is 0 Å². The van der Waals surface area contributed by atoms with Gasteiger partial charge in [0.15, 0.2) is 0 Å². The standard InChI is InChI=1S/C15H19N5O3/c21-9-13-7-19(5-6-23-10-13)15(22)14-3-1-12(2-4-14)8-20-11-16-17-18-20/h1-4,11,13,21H,5-10H2/t13-/m1/s1. The van der Waals surface area contributed by atoms with E-state index in [4.69, 9.17) is 4.74 Å². The van der Waals surface area contributed by atoms with Crippen molar-refractivity contribution in [3.8, 4) is 0 Å². The highest BCUT2D eigenvalue weighted by molar-refractivity contribution is 5.94. The number of hydrogen-bond donors (Lipinski definition) is 1. The molecule has 3 rings (SSSR count). The normalized spacial score (nSPS) is 18.7. The largest absolute Gasteiger partial charge is 0.396 e. The van der Waals surface area contributed by atoms with Gasteiger partial charge in [0.1, 0.15) is 6.33 Å². The monoisotopic (exact) mass is 317 g/mol. The van der Waals surface area contributed by atoms with Gasteiger partial charge in [-0.3, -0.25) is 4.79 Å². The molecule has 1 aliphatic rings. The average Bonchev–Trinajstić information content (AvgIpc) is 2.97. The van der Waals surface area contributed by atoms with Gasteiger partial charge in [-0.05, 0) is 28.1 Å². The van der Waals surface area contributed by atoms with Crippen LogP contribution in [-0.4, -0.2) is 69.0 Å². The summed E-state index contributed by atoms with van der Waals surface area (Å²) in [5, 5.41) is 20.3. The average molecular weight is 317 g/mol. The molecule has 23 heavy (non-hydrogen) atoms. The summed E-state index contributed by atoms with van der Waals surface area (Å²) >= 11 is 0. The first-order valence-electron chi connectivity index (χ1n) is 7.54. The van der Waals surface area contributed by atoms with E-state index >= 15 is 0 Å². The summed E-state index contributed by atoms with van der Waals surface area (Å²) in [6.07, 6.45) is 1.55. The molecule has 1 amide bonds. The first-order chi connectivity index (χ1) is 11.3. The molecule has 1 aliphatic heterocycles. The number of aliphatic hydroxyl groups excluding tert-OH is 1. The molecule has 8 heteroatoms. The van der Waals surface area contributed by atoms with Crippen LogP contribution in [0.4, 0.5) is 0 Å². The number of carbonyl (C=O) groups excluding carboxylic acids is 1. The van der Waals surface area contributed by atoms with Crippen molar-refractivity contribution in [1.29, 1.82) is 0 Å². The van der Waals surface area contributed by atoms with E-state index in [1.54, 1.807) is 15.9 Å². The van der Waals surface area contributed by atoms with Crippen LogP contribution >= 0.6 is 0 Å². The maximum Gasteiger partial charge on any atom is 0.253 e. The van der Waals surface area contributed by atoms with Crippen molar-refractivity contribution >= 4 is 5.91 Å². The van der Waals surface area contributed by atoms with E-state index in [-0.39, 0.29) is 18.4 Å². The predicted octanol–water partition coefficient (Wildman–Crippen LogP) is -0.198. The Labute approximate surface area is 133 Å². The second kappa shape index (κ2) is 7.30. The van der Waals surface area contributed by atoms with Crippen LogP contribution in [0.3, 0.4) is 0 Å². The van der Waals surface area contributed by atoms with Gasteiger partial charge in [-0.1, -0.05) is 12.1 Å². The molecule has 0 unspecified atom stereocenters. The number of benzene rings is 1. The number of aromatic nitrogens is 4. The van der Waals surface area contributed by atoms with Crippen LogP contribution in [0.2, 0.25) is 0 Å². The van der Waals surface area contributed by atoms with Crippen molar-refractivity contribution in [1.82, 2.24) is 25.1 Å². The molecule has 0 aliphatic carbocycles. The van der Waals surface area contributed by atoms with E-state index in [2.05, 4.69) is 15.5 Å². The van der Waals surface area contributed by atoms with Crippen LogP contribution in [0.15, 0.2) is 30.6 Å². The molecular weight excluding hydrogens is 298 g/mol. The van der Waals surface area contributed by atoms with Gasteiger partial charge >= 0.3 is 0 Å². The SMILES string of the molecule is O=C(c1ccc(Cn2cnnn2)cc1)N1CCOC[C@@H](CO)C1. The molecule has 8 nitrogen and oxygen atoms in total. The Balaban J connectivity index is 1.67. The third-order valence-corrected chi connectivity index (χ3v) is 3.82. The van der Waals surface area contributed by atoms with Crippen molar-refractivity contribution < 1.29 is 14.6 Å². The summed E-state index contributed by atoms with van der Waals surface area (Å²) in [4.78, 5) is 14.3. The van der Waals surface area contributed by atoms with Gasteiger partial charge in [-0.15, -0.1) is 5.10 Å². The van der Waals surface area contributed by atoms with Crippen molar-refractivity contribution in [3.05, 3.63) is 41.7 Å². The molecule has 0 spiro atoms. The molecule has 122 valence electrons. The lowest BCUT2D eigenvalue weighted by atomic mass is 10.1. The molecule has 1 aromatic heterocycles. The summed E-state index contributed by atoms with van der Waals surface area (Å²) in [7, 11) is 0. The van der Waals surface area contributed by atoms with E-state index in [1.807, 2.05) is 24.3 Å². The highest BCUT2D eigenvalue weighted by Crippen LogP contribution is 2.13. The maximum absolute atomic E-state index is 12.6. The number of aliphatic hydroxyl groups is 1. The van der Waals surface area contributed by atoms with E-state index in [1.165, 1.54) is 0 Å². The Hall–Kier alpha value is -2.32. The van der Waals surface area contributed by atoms with Crippen molar-refractivity contribution in [3.63, 3.8) is 0 Å². The minimum atomic E-state index is -0.0390. The molecule has 0 saturated carbocycles. The van der Waals surface area contributed by atoms with Gasteiger partial charge in [-0.2, -0.15) is 0 Å². The van der Waals surface area contributed by atoms with Crippen molar-refractivity contribution in [2.45, 2.75) is 6.54 Å². The molecule has 1 N–H and O–H groups in total. The Kier molecular flexibility index (Phi) is 4.94. The fraction of sp³-hybridized carbons (Fsp3) is 0.467. The topological polar surface area (TPSA) is 93.4 Å². The van der Waals surface area contributed by atoms with E-state index in [9.17, 15) is 9.90 Å². The third-order valence-electron chi connectivity index (χ3n) is 3.82. The number of amides is 1. The zero-order valence-corrected chi connectivity index (χ0v) is 12.7. The number of hydrogen-bond acceptors (Lipinski definition) is 6. The van der Waals surface area contributed by atoms with Gasteiger partial charge in [0.25, 0.3) is 5.91 Å².